The number of carbonyl (C=O) groups excluding carboxylic acids is 1. The molecular weight excluding hydrogens is 226 g/mol. The Balaban J connectivity index is 2.55. The fourth-order valence-corrected chi connectivity index (χ4v) is 1.33. The molecule has 1 N–H and O–H groups in total. The monoisotopic (exact) mass is 247 g/mol. The van der Waals surface area contributed by atoms with E-state index >= 15 is 0 Å². The topological polar surface area (TPSA) is 38.3 Å². The molecule has 0 aromatic heterocycles. The zero-order valence-corrected chi connectivity index (χ0v) is 11.4. The van der Waals surface area contributed by atoms with Gasteiger partial charge in [0, 0.05) is 12.1 Å². The Bertz CT molecular complexity index is 407. The third-order valence-electron chi connectivity index (χ3n) is 2.91. The summed E-state index contributed by atoms with van der Waals surface area (Å²) in [5.74, 6) is 1.18. The van der Waals surface area contributed by atoms with Crippen molar-refractivity contribution in [1.82, 2.24) is 5.32 Å². The van der Waals surface area contributed by atoms with Gasteiger partial charge >= 0.3 is 0 Å². The molecule has 0 aliphatic carbocycles. The third-order valence-corrected chi connectivity index (χ3v) is 2.91. The first-order valence-electron chi connectivity index (χ1n) is 6.15. The molecule has 98 valence electrons. The van der Waals surface area contributed by atoms with E-state index in [-0.39, 0.29) is 11.9 Å². The van der Waals surface area contributed by atoms with Crippen molar-refractivity contribution in [2.75, 3.05) is 7.11 Å². The van der Waals surface area contributed by atoms with Gasteiger partial charge in [-0.1, -0.05) is 26.0 Å². The zero-order chi connectivity index (χ0) is 13.5. The van der Waals surface area contributed by atoms with Crippen molar-refractivity contribution in [1.29, 1.82) is 0 Å². The predicted octanol–water partition coefficient (Wildman–Crippen LogP) is 2.87. The van der Waals surface area contributed by atoms with Gasteiger partial charge in [-0.25, -0.2) is 0 Å². The Morgan fingerprint density at radius 3 is 2.33 bits per heavy atom. The summed E-state index contributed by atoms with van der Waals surface area (Å²) >= 11 is 0. The van der Waals surface area contributed by atoms with E-state index in [1.54, 1.807) is 19.3 Å². The van der Waals surface area contributed by atoms with Crippen LogP contribution >= 0.6 is 0 Å². The Kier molecular flexibility index (Phi) is 5.43. The first kappa shape index (κ1) is 14.3. The van der Waals surface area contributed by atoms with Crippen LogP contribution in [0.25, 0.3) is 6.08 Å². The minimum absolute atomic E-state index is 0.0629. The quantitative estimate of drug-likeness (QED) is 0.812. The van der Waals surface area contributed by atoms with E-state index < -0.39 is 0 Å². The largest absolute Gasteiger partial charge is 0.497 e. The van der Waals surface area contributed by atoms with Crippen LogP contribution in [0.2, 0.25) is 0 Å². The number of nitrogens with one attached hydrogen (secondary N) is 1. The highest BCUT2D eigenvalue weighted by Crippen LogP contribution is 2.12. The van der Waals surface area contributed by atoms with Gasteiger partial charge in [0.15, 0.2) is 0 Å². The van der Waals surface area contributed by atoms with Crippen LogP contribution in [0, 0.1) is 5.92 Å². The maximum absolute atomic E-state index is 11.6. The number of carbonyl (C=O) groups is 1. The molecular formula is C15H21NO2. The van der Waals surface area contributed by atoms with Crippen LogP contribution < -0.4 is 10.1 Å². The molecule has 0 unspecified atom stereocenters. The Labute approximate surface area is 109 Å². The second-order valence-electron chi connectivity index (χ2n) is 4.65. The van der Waals surface area contributed by atoms with Crippen LogP contribution in [-0.4, -0.2) is 19.1 Å². The molecule has 3 nitrogen and oxygen atoms in total. The summed E-state index contributed by atoms with van der Waals surface area (Å²) in [6, 6.07) is 7.74. The van der Waals surface area contributed by atoms with E-state index in [1.165, 1.54) is 0 Å². The van der Waals surface area contributed by atoms with Crippen LogP contribution in [0.15, 0.2) is 30.3 Å². The lowest BCUT2D eigenvalue weighted by atomic mass is 10.1. The maximum Gasteiger partial charge on any atom is 0.244 e. The van der Waals surface area contributed by atoms with Crippen molar-refractivity contribution in [3.8, 4) is 5.75 Å². The van der Waals surface area contributed by atoms with Gasteiger partial charge in [-0.15, -0.1) is 0 Å². The number of benzene rings is 1. The molecule has 0 aliphatic heterocycles. The average molecular weight is 247 g/mol. The summed E-state index contributed by atoms with van der Waals surface area (Å²) in [5.41, 5.74) is 0.975. The maximum atomic E-state index is 11.6. The molecule has 0 heterocycles. The summed E-state index contributed by atoms with van der Waals surface area (Å²) in [7, 11) is 1.63. The van der Waals surface area contributed by atoms with Gasteiger partial charge in [0.05, 0.1) is 7.11 Å². The minimum Gasteiger partial charge on any atom is -0.497 e. The molecule has 18 heavy (non-hydrogen) atoms. The van der Waals surface area contributed by atoms with Gasteiger partial charge in [0.2, 0.25) is 5.91 Å². The number of hydrogen-bond donors (Lipinski definition) is 1. The van der Waals surface area contributed by atoms with E-state index in [0.717, 1.165) is 11.3 Å². The third kappa shape index (κ3) is 4.62. The molecule has 0 spiro atoms. The first-order valence-corrected chi connectivity index (χ1v) is 6.15. The van der Waals surface area contributed by atoms with Gasteiger partial charge in [-0.2, -0.15) is 0 Å². The number of methoxy groups -OCH3 is 1. The van der Waals surface area contributed by atoms with Gasteiger partial charge in [0.25, 0.3) is 0 Å². The number of rotatable bonds is 5. The molecule has 0 saturated heterocycles. The lowest BCUT2D eigenvalue weighted by Crippen LogP contribution is -2.34. The standard InChI is InChI=1S/C15H21NO2/c1-11(2)12(3)16-15(17)10-7-13-5-8-14(18-4)9-6-13/h5-12H,1-4H3,(H,16,17)/b10-7+/t12-/m0/s1. The lowest BCUT2D eigenvalue weighted by Gasteiger charge is -2.15. The fraction of sp³-hybridized carbons (Fsp3) is 0.400. The summed E-state index contributed by atoms with van der Waals surface area (Å²) in [5, 5.41) is 2.92. The smallest absolute Gasteiger partial charge is 0.244 e. The normalized spacial score (nSPS) is 12.7. The van der Waals surface area contributed by atoms with Crippen molar-refractivity contribution in [3.63, 3.8) is 0 Å². The highest BCUT2D eigenvalue weighted by atomic mass is 16.5. The SMILES string of the molecule is COc1ccc(/C=C/C(=O)N[C@@H](C)C(C)C)cc1. The van der Waals surface area contributed by atoms with Crippen molar-refractivity contribution >= 4 is 12.0 Å². The van der Waals surface area contributed by atoms with Crippen molar-refractivity contribution < 1.29 is 9.53 Å². The van der Waals surface area contributed by atoms with Crippen LogP contribution in [0.5, 0.6) is 5.75 Å². The molecule has 0 bridgehead atoms. The molecule has 1 rings (SSSR count). The zero-order valence-electron chi connectivity index (χ0n) is 11.4. The number of hydrogen-bond acceptors (Lipinski definition) is 2. The first-order chi connectivity index (χ1) is 8.52. The van der Waals surface area contributed by atoms with Crippen molar-refractivity contribution in [2.45, 2.75) is 26.8 Å². The van der Waals surface area contributed by atoms with E-state index in [0.29, 0.717) is 5.92 Å². The molecule has 1 aromatic rings. The van der Waals surface area contributed by atoms with Crippen LogP contribution in [0.4, 0.5) is 0 Å². The molecule has 1 aromatic carbocycles. The summed E-state index contributed by atoms with van der Waals surface area (Å²) in [6.07, 6.45) is 3.35. The van der Waals surface area contributed by atoms with Gasteiger partial charge in [0.1, 0.15) is 5.75 Å². The van der Waals surface area contributed by atoms with E-state index in [1.807, 2.05) is 31.2 Å². The Morgan fingerprint density at radius 2 is 1.83 bits per heavy atom. The molecule has 0 aliphatic rings. The van der Waals surface area contributed by atoms with Crippen LogP contribution in [0.1, 0.15) is 26.3 Å². The molecule has 0 radical (unpaired) electrons. The lowest BCUT2D eigenvalue weighted by molar-refractivity contribution is -0.117. The number of ether oxygens (including phenoxy) is 1. The highest BCUT2D eigenvalue weighted by molar-refractivity contribution is 5.91. The molecule has 0 fully saturated rings. The predicted molar refractivity (Wildman–Crippen MR) is 74.5 cm³/mol. The molecule has 0 saturated carbocycles. The van der Waals surface area contributed by atoms with Crippen LogP contribution in [0.3, 0.4) is 0 Å². The fourth-order valence-electron chi connectivity index (χ4n) is 1.33. The molecule has 1 amide bonds. The van der Waals surface area contributed by atoms with E-state index in [4.69, 9.17) is 4.74 Å². The van der Waals surface area contributed by atoms with Gasteiger partial charge in [-0.3, -0.25) is 4.79 Å². The van der Waals surface area contributed by atoms with Gasteiger partial charge < -0.3 is 10.1 Å². The van der Waals surface area contributed by atoms with E-state index in [2.05, 4.69) is 19.2 Å². The number of amides is 1. The second kappa shape index (κ2) is 6.84. The van der Waals surface area contributed by atoms with Crippen molar-refractivity contribution in [3.05, 3.63) is 35.9 Å². The Morgan fingerprint density at radius 1 is 1.22 bits per heavy atom. The summed E-state index contributed by atoms with van der Waals surface area (Å²) < 4.78 is 5.07. The second-order valence-corrected chi connectivity index (χ2v) is 4.65. The van der Waals surface area contributed by atoms with E-state index in [9.17, 15) is 4.79 Å². The molecule has 1 atom stereocenters. The summed E-state index contributed by atoms with van der Waals surface area (Å²) in [6.45, 7) is 6.17. The van der Waals surface area contributed by atoms with Crippen molar-refractivity contribution in [2.24, 2.45) is 5.92 Å². The van der Waals surface area contributed by atoms with Gasteiger partial charge in [-0.05, 0) is 36.6 Å². The summed E-state index contributed by atoms with van der Waals surface area (Å²) in [4.78, 5) is 11.6. The molecule has 3 heteroatoms. The Hall–Kier alpha value is -1.77. The highest BCUT2D eigenvalue weighted by Gasteiger charge is 2.07. The van der Waals surface area contributed by atoms with Crippen LogP contribution in [-0.2, 0) is 4.79 Å². The minimum atomic E-state index is -0.0629. The average Bonchev–Trinajstić information content (AvgIpc) is 2.36.